The van der Waals surface area contributed by atoms with Crippen molar-refractivity contribution in [2.75, 3.05) is 0 Å². The molecule has 1 saturated carbocycles. The summed E-state index contributed by atoms with van der Waals surface area (Å²) in [5.41, 5.74) is 0.299. The Morgan fingerprint density at radius 1 is 1.25 bits per heavy atom. The van der Waals surface area contributed by atoms with Crippen LogP contribution < -0.4 is 0 Å². The van der Waals surface area contributed by atoms with Gasteiger partial charge in [-0.1, -0.05) is 31.0 Å². The number of phenolic OH excluding ortho intramolecular Hbond substituents is 1. The fourth-order valence-corrected chi connectivity index (χ4v) is 2.58. The van der Waals surface area contributed by atoms with Crippen molar-refractivity contribution < 1.29 is 14.9 Å². The van der Waals surface area contributed by atoms with Crippen LogP contribution in [0.3, 0.4) is 0 Å². The summed E-state index contributed by atoms with van der Waals surface area (Å²) in [6.07, 6.45) is 3.05. The largest absolute Gasteiger partial charge is 0.508 e. The Labute approximate surface area is 95.7 Å². The third-order valence-electron chi connectivity index (χ3n) is 3.20. The Kier molecular flexibility index (Phi) is 3.17. The lowest BCUT2D eigenvalue weighted by Gasteiger charge is -2.31. The summed E-state index contributed by atoms with van der Waals surface area (Å²) in [5, 5.41) is 19.3. The van der Waals surface area contributed by atoms with Gasteiger partial charge in [0.15, 0.2) is 6.29 Å². The van der Waals surface area contributed by atoms with Crippen molar-refractivity contribution in [3.63, 3.8) is 0 Å². The van der Waals surface area contributed by atoms with Crippen molar-refractivity contribution in [3.8, 4) is 5.75 Å². The maximum Gasteiger partial charge on any atom is 0.152 e. The zero-order chi connectivity index (χ0) is 11.6. The molecule has 0 amide bonds. The summed E-state index contributed by atoms with van der Waals surface area (Å²) in [6.45, 7) is 1.61. The molecule has 0 radical (unpaired) electrons. The minimum absolute atomic E-state index is 0.255. The minimum atomic E-state index is -0.808. The van der Waals surface area contributed by atoms with Crippen LogP contribution in [-0.4, -0.2) is 16.5 Å². The number of para-hydroxylation sites is 1. The van der Waals surface area contributed by atoms with Crippen molar-refractivity contribution in [2.24, 2.45) is 0 Å². The van der Waals surface area contributed by atoms with Crippen LogP contribution in [0.1, 0.15) is 38.2 Å². The van der Waals surface area contributed by atoms with Gasteiger partial charge < -0.3 is 14.9 Å². The maximum absolute atomic E-state index is 9.89. The molecule has 1 unspecified atom stereocenters. The monoisotopic (exact) mass is 222 g/mol. The number of aliphatic hydroxyl groups excluding tert-OH is 1. The SMILES string of the molecule is CC(O)OC1(c2ccccc2O)CCCC1. The minimum Gasteiger partial charge on any atom is -0.508 e. The molecule has 0 bridgehead atoms. The van der Waals surface area contributed by atoms with Gasteiger partial charge in [0, 0.05) is 5.56 Å². The van der Waals surface area contributed by atoms with Crippen LogP contribution in [0.5, 0.6) is 5.75 Å². The van der Waals surface area contributed by atoms with Crippen molar-refractivity contribution in [2.45, 2.75) is 44.5 Å². The number of benzene rings is 1. The molecule has 3 heteroatoms. The second-order valence-electron chi connectivity index (χ2n) is 4.44. The van der Waals surface area contributed by atoms with Gasteiger partial charge in [0.2, 0.25) is 0 Å². The van der Waals surface area contributed by atoms with Gasteiger partial charge in [-0.15, -0.1) is 0 Å². The fourth-order valence-electron chi connectivity index (χ4n) is 2.58. The number of hydrogen-bond acceptors (Lipinski definition) is 3. The third kappa shape index (κ3) is 2.06. The second kappa shape index (κ2) is 4.44. The summed E-state index contributed by atoms with van der Waals surface area (Å²) in [6, 6.07) is 7.23. The maximum atomic E-state index is 9.89. The highest BCUT2D eigenvalue weighted by molar-refractivity contribution is 5.37. The predicted molar refractivity (Wildman–Crippen MR) is 61.0 cm³/mol. The number of aromatic hydroxyl groups is 1. The zero-order valence-electron chi connectivity index (χ0n) is 9.52. The molecule has 1 fully saturated rings. The van der Waals surface area contributed by atoms with E-state index in [2.05, 4.69) is 0 Å². The molecule has 0 aromatic heterocycles. The summed E-state index contributed by atoms with van der Waals surface area (Å²) in [4.78, 5) is 0. The van der Waals surface area contributed by atoms with Crippen LogP contribution in [0.2, 0.25) is 0 Å². The van der Waals surface area contributed by atoms with Gasteiger partial charge in [-0.3, -0.25) is 0 Å². The van der Waals surface area contributed by atoms with Gasteiger partial charge in [-0.25, -0.2) is 0 Å². The quantitative estimate of drug-likeness (QED) is 0.772. The van der Waals surface area contributed by atoms with Gasteiger partial charge in [0.1, 0.15) is 5.75 Å². The molecule has 0 aliphatic heterocycles. The molecule has 1 aromatic rings. The van der Waals surface area contributed by atoms with Crippen LogP contribution in [0.25, 0.3) is 0 Å². The van der Waals surface area contributed by atoms with Gasteiger partial charge in [0.25, 0.3) is 0 Å². The summed E-state index contributed by atoms with van der Waals surface area (Å²) >= 11 is 0. The molecule has 88 valence electrons. The van der Waals surface area contributed by atoms with E-state index in [9.17, 15) is 10.2 Å². The Morgan fingerprint density at radius 3 is 2.44 bits per heavy atom. The predicted octanol–water partition coefficient (Wildman–Crippen LogP) is 2.52. The van der Waals surface area contributed by atoms with E-state index in [0.29, 0.717) is 0 Å². The molecule has 1 aromatic carbocycles. The van der Waals surface area contributed by atoms with Crippen LogP contribution in [0.15, 0.2) is 24.3 Å². The average Bonchev–Trinajstić information content (AvgIpc) is 2.67. The molecule has 2 rings (SSSR count). The topological polar surface area (TPSA) is 49.7 Å². The second-order valence-corrected chi connectivity index (χ2v) is 4.44. The van der Waals surface area contributed by atoms with Crippen LogP contribution in [0.4, 0.5) is 0 Å². The van der Waals surface area contributed by atoms with Crippen molar-refractivity contribution in [3.05, 3.63) is 29.8 Å². The van der Waals surface area contributed by atoms with Crippen molar-refractivity contribution in [1.29, 1.82) is 0 Å². The van der Waals surface area contributed by atoms with E-state index in [1.807, 2.05) is 12.1 Å². The Morgan fingerprint density at radius 2 is 1.88 bits per heavy atom. The fraction of sp³-hybridized carbons (Fsp3) is 0.538. The molecule has 0 saturated heterocycles. The van der Waals surface area contributed by atoms with Crippen LogP contribution in [0, 0.1) is 0 Å². The third-order valence-corrected chi connectivity index (χ3v) is 3.20. The Hall–Kier alpha value is -1.06. The van der Waals surface area contributed by atoms with E-state index >= 15 is 0 Å². The molecular formula is C13H18O3. The van der Waals surface area contributed by atoms with Gasteiger partial charge >= 0.3 is 0 Å². The highest BCUT2D eigenvalue weighted by Gasteiger charge is 2.39. The number of phenols is 1. The number of ether oxygens (including phenoxy) is 1. The molecule has 1 aliphatic carbocycles. The standard InChI is InChI=1S/C13H18O3/c1-10(14)16-13(8-4-5-9-13)11-6-2-3-7-12(11)15/h2-3,6-7,10,14-15H,4-5,8-9H2,1H3. The zero-order valence-corrected chi connectivity index (χ0v) is 9.52. The molecule has 0 spiro atoms. The molecule has 1 aliphatic rings. The molecule has 16 heavy (non-hydrogen) atoms. The number of aliphatic hydroxyl groups is 1. The smallest absolute Gasteiger partial charge is 0.152 e. The first-order chi connectivity index (χ1) is 7.64. The molecule has 1 atom stereocenters. The molecular weight excluding hydrogens is 204 g/mol. The lowest BCUT2D eigenvalue weighted by molar-refractivity contribution is -0.179. The highest BCUT2D eigenvalue weighted by atomic mass is 16.6. The molecule has 3 nitrogen and oxygen atoms in total. The van der Waals surface area contributed by atoms with E-state index in [4.69, 9.17) is 4.74 Å². The number of hydrogen-bond donors (Lipinski definition) is 2. The summed E-state index contributed by atoms with van der Waals surface area (Å²) < 4.78 is 5.66. The van der Waals surface area contributed by atoms with E-state index in [1.165, 1.54) is 0 Å². The Bertz CT molecular complexity index is 354. The van der Waals surface area contributed by atoms with Crippen LogP contribution >= 0.6 is 0 Å². The van der Waals surface area contributed by atoms with Gasteiger partial charge in [-0.05, 0) is 25.8 Å². The molecule has 2 N–H and O–H groups in total. The van der Waals surface area contributed by atoms with Gasteiger partial charge in [-0.2, -0.15) is 0 Å². The first-order valence-corrected chi connectivity index (χ1v) is 5.78. The van der Waals surface area contributed by atoms with E-state index in [-0.39, 0.29) is 5.75 Å². The first kappa shape index (κ1) is 11.4. The lowest BCUT2D eigenvalue weighted by atomic mass is 9.91. The van der Waals surface area contributed by atoms with E-state index in [1.54, 1.807) is 19.1 Å². The first-order valence-electron chi connectivity index (χ1n) is 5.78. The van der Waals surface area contributed by atoms with E-state index in [0.717, 1.165) is 31.2 Å². The lowest BCUT2D eigenvalue weighted by Crippen LogP contribution is -2.30. The average molecular weight is 222 g/mol. The van der Waals surface area contributed by atoms with Crippen LogP contribution in [-0.2, 0) is 10.3 Å². The van der Waals surface area contributed by atoms with Crippen molar-refractivity contribution in [1.82, 2.24) is 0 Å². The molecule has 0 heterocycles. The normalized spacial score (nSPS) is 20.9. The summed E-state index contributed by atoms with van der Waals surface area (Å²) in [7, 11) is 0. The highest BCUT2D eigenvalue weighted by Crippen LogP contribution is 2.45. The summed E-state index contributed by atoms with van der Waals surface area (Å²) in [5.74, 6) is 0.255. The Balaban J connectivity index is 2.36. The van der Waals surface area contributed by atoms with Gasteiger partial charge in [0.05, 0.1) is 5.60 Å². The van der Waals surface area contributed by atoms with E-state index < -0.39 is 11.9 Å². The number of rotatable bonds is 3. The van der Waals surface area contributed by atoms with Crippen molar-refractivity contribution >= 4 is 0 Å².